The van der Waals surface area contributed by atoms with Crippen molar-refractivity contribution in [3.05, 3.63) is 77.7 Å². The molecule has 2 aromatic carbocycles. The summed E-state index contributed by atoms with van der Waals surface area (Å²) in [5, 5.41) is 2.94. The number of amides is 1. The molecule has 0 saturated heterocycles. The molecule has 0 aliphatic carbocycles. The topological polar surface area (TPSA) is 87.5 Å². The number of aromatic nitrogens is 3. The van der Waals surface area contributed by atoms with Crippen molar-refractivity contribution in [2.24, 2.45) is 0 Å². The highest BCUT2D eigenvalue weighted by atomic mass is 16.5. The van der Waals surface area contributed by atoms with Gasteiger partial charge in [0.05, 0.1) is 34.4 Å². The number of carbonyl (C=O) groups is 1. The maximum absolute atomic E-state index is 12.8. The molecule has 8 heteroatoms. The van der Waals surface area contributed by atoms with Crippen molar-refractivity contribution in [3.8, 4) is 17.2 Å². The number of methoxy groups -OCH3 is 3. The molecule has 0 bridgehead atoms. The second-order valence-corrected chi connectivity index (χ2v) is 7.06. The zero-order valence-electron chi connectivity index (χ0n) is 18.2. The molecule has 1 amide bonds. The first-order valence-electron chi connectivity index (χ1n) is 10.1. The van der Waals surface area contributed by atoms with E-state index in [0.29, 0.717) is 29.4 Å². The van der Waals surface area contributed by atoms with E-state index in [1.165, 1.54) is 7.11 Å². The van der Waals surface area contributed by atoms with Crippen molar-refractivity contribution in [3.63, 3.8) is 0 Å². The molecule has 4 rings (SSSR count). The van der Waals surface area contributed by atoms with Gasteiger partial charge in [-0.15, -0.1) is 0 Å². The fourth-order valence-electron chi connectivity index (χ4n) is 3.50. The first-order valence-corrected chi connectivity index (χ1v) is 10.1. The highest BCUT2D eigenvalue weighted by Gasteiger charge is 2.15. The van der Waals surface area contributed by atoms with Crippen LogP contribution < -0.4 is 19.5 Å². The van der Waals surface area contributed by atoms with Gasteiger partial charge in [-0.1, -0.05) is 12.1 Å². The lowest BCUT2D eigenvalue weighted by Crippen LogP contribution is -2.25. The fraction of sp³-hybridized carbons (Fsp3) is 0.208. The van der Waals surface area contributed by atoms with Crippen molar-refractivity contribution in [2.45, 2.75) is 13.1 Å². The molecule has 4 aromatic rings. The van der Waals surface area contributed by atoms with Gasteiger partial charge in [0, 0.05) is 11.8 Å². The van der Waals surface area contributed by atoms with Gasteiger partial charge in [0.2, 0.25) is 0 Å². The molecule has 2 aromatic heterocycles. The predicted octanol–water partition coefficient (Wildman–Crippen LogP) is 3.44. The predicted molar refractivity (Wildman–Crippen MR) is 120 cm³/mol. The van der Waals surface area contributed by atoms with Crippen molar-refractivity contribution in [2.75, 3.05) is 21.3 Å². The molecule has 0 aliphatic rings. The van der Waals surface area contributed by atoms with Crippen LogP contribution in [0.3, 0.4) is 0 Å². The maximum Gasteiger partial charge on any atom is 0.251 e. The lowest BCUT2D eigenvalue weighted by Gasteiger charge is -2.12. The molecule has 0 saturated carbocycles. The van der Waals surface area contributed by atoms with Crippen LogP contribution in [-0.2, 0) is 13.1 Å². The summed E-state index contributed by atoms with van der Waals surface area (Å²) in [6, 6.07) is 16.6. The average Bonchev–Trinajstić information content (AvgIpc) is 3.19. The quantitative estimate of drug-likeness (QED) is 0.459. The van der Waals surface area contributed by atoms with Gasteiger partial charge in [0.1, 0.15) is 17.1 Å². The molecule has 164 valence electrons. The van der Waals surface area contributed by atoms with Crippen LogP contribution in [0.1, 0.15) is 21.7 Å². The van der Waals surface area contributed by atoms with E-state index < -0.39 is 0 Å². The monoisotopic (exact) mass is 432 g/mol. The van der Waals surface area contributed by atoms with Crippen molar-refractivity contribution in [1.82, 2.24) is 19.9 Å². The van der Waals surface area contributed by atoms with Gasteiger partial charge in [0.25, 0.3) is 5.91 Å². The number of ether oxygens (including phenoxy) is 3. The van der Waals surface area contributed by atoms with Gasteiger partial charge >= 0.3 is 0 Å². The van der Waals surface area contributed by atoms with Gasteiger partial charge in [-0.3, -0.25) is 4.79 Å². The molecule has 0 radical (unpaired) electrons. The van der Waals surface area contributed by atoms with Crippen molar-refractivity contribution < 1.29 is 19.0 Å². The molecule has 32 heavy (non-hydrogen) atoms. The lowest BCUT2D eigenvalue weighted by molar-refractivity contribution is 0.0949. The summed E-state index contributed by atoms with van der Waals surface area (Å²) in [7, 11) is 4.73. The smallest absolute Gasteiger partial charge is 0.251 e. The van der Waals surface area contributed by atoms with E-state index in [4.69, 9.17) is 14.2 Å². The molecule has 1 N–H and O–H groups in total. The Balaban J connectivity index is 1.59. The number of fused-ring (bicyclic) bond motifs is 1. The second-order valence-electron chi connectivity index (χ2n) is 7.06. The van der Waals surface area contributed by atoms with Gasteiger partial charge in [-0.05, 0) is 48.0 Å². The summed E-state index contributed by atoms with van der Waals surface area (Å²) in [6.45, 7) is 0.791. The van der Waals surface area contributed by atoms with Crippen LogP contribution in [0.5, 0.6) is 17.2 Å². The summed E-state index contributed by atoms with van der Waals surface area (Å²) >= 11 is 0. The Morgan fingerprint density at radius 3 is 2.59 bits per heavy atom. The minimum absolute atomic E-state index is 0.237. The van der Waals surface area contributed by atoms with Crippen LogP contribution in [-0.4, -0.2) is 41.8 Å². The number of hydrogen-bond donors (Lipinski definition) is 1. The van der Waals surface area contributed by atoms with E-state index in [-0.39, 0.29) is 12.5 Å². The van der Waals surface area contributed by atoms with Gasteiger partial charge in [0.15, 0.2) is 17.1 Å². The average molecular weight is 432 g/mol. The Morgan fingerprint density at radius 1 is 0.969 bits per heavy atom. The minimum atomic E-state index is -0.237. The van der Waals surface area contributed by atoms with Gasteiger partial charge in [-0.25, -0.2) is 9.97 Å². The number of nitrogens with zero attached hydrogens (tertiary/aromatic N) is 3. The number of benzene rings is 2. The van der Waals surface area contributed by atoms with E-state index in [1.54, 1.807) is 38.6 Å². The third-order valence-corrected chi connectivity index (χ3v) is 5.11. The third kappa shape index (κ3) is 4.34. The fourth-order valence-corrected chi connectivity index (χ4v) is 3.50. The SMILES string of the molecule is COc1cccc(Cn2c(CNC(=O)c3ccc(OC)c(OC)c3)nc3cccnc32)c1. The molecular weight excluding hydrogens is 408 g/mol. The molecule has 0 atom stereocenters. The van der Waals surface area contributed by atoms with Gasteiger partial charge in [-0.2, -0.15) is 0 Å². The zero-order chi connectivity index (χ0) is 22.5. The van der Waals surface area contributed by atoms with Crippen molar-refractivity contribution in [1.29, 1.82) is 0 Å². The van der Waals surface area contributed by atoms with Crippen LogP contribution >= 0.6 is 0 Å². The van der Waals surface area contributed by atoms with E-state index in [0.717, 1.165) is 22.5 Å². The molecule has 0 aliphatic heterocycles. The molecular formula is C24H24N4O4. The first kappa shape index (κ1) is 21.2. The van der Waals surface area contributed by atoms with Crippen LogP contribution in [0.15, 0.2) is 60.8 Å². The third-order valence-electron chi connectivity index (χ3n) is 5.11. The Kier molecular flexibility index (Phi) is 6.21. The van der Waals surface area contributed by atoms with Crippen LogP contribution in [0.25, 0.3) is 11.2 Å². The number of imidazole rings is 1. The molecule has 0 unspecified atom stereocenters. The Morgan fingerprint density at radius 2 is 1.81 bits per heavy atom. The Bertz CT molecular complexity index is 1250. The number of hydrogen-bond acceptors (Lipinski definition) is 6. The van der Waals surface area contributed by atoms with E-state index in [1.807, 2.05) is 41.0 Å². The standard InChI is InChI=1S/C24H24N4O4/c1-30-18-7-4-6-16(12-18)15-28-22(27-19-8-5-11-25-23(19)28)14-26-24(29)17-9-10-20(31-2)21(13-17)32-3/h4-13H,14-15H2,1-3H3,(H,26,29). The van der Waals surface area contributed by atoms with Crippen molar-refractivity contribution >= 4 is 17.1 Å². The van der Waals surface area contributed by atoms with Crippen LogP contribution in [0.4, 0.5) is 0 Å². The summed E-state index contributed by atoms with van der Waals surface area (Å²) in [5.41, 5.74) is 3.04. The van der Waals surface area contributed by atoms with Crippen LogP contribution in [0.2, 0.25) is 0 Å². The molecule has 2 heterocycles. The second kappa shape index (κ2) is 9.38. The number of carbonyl (C=O) groups excluding carboxylic acids is 1. The number of pyridine rings is 1. The first-order chi connectivity index (χ1) is 15.6. The van der Waals surface area contributed by atoms with E-state index in [9.17, 15) is 4.79 Å². The summed E-state index contributed by atoms with van der Waals surface area (Å²) in [4.78, 5) is 22.0. The zero-order valence-corrected chi connectivity index (χ0v) is 18.2. The van der Waals surface area contributed by atoms with Crippen LogP contribution in [0, 0.1) is 0 Å². The lowest BCUT2D eigenvalue weighted by atomic mass is 10.2. The molecule has 8 nitrogen and oxygen atoms in total. The summed E-state index contributed by atoms with van der Waals surface area (Å²) in [6.07, 6.45) is 1.73. The molecule has 0 spiro atoms. The summed E-state index contributed by atoms with van der Waals surface area (Å²) < 4.78 is 17.9. The number of nitrogens with one attached hydrogen (secondary N) is 1. The Hall–Kier alpha value is -4.07. The van der Waals surface area contributed by atoms with Gasteiger partial charge < -0.3 is 24.1 Å². The van der Waals surface area contributed by atoms with E-state index >= 15 is 0 Å². The number of rotatable bonds is 8. The highest BCUT2D eigenvalue weighted by molar-refractivity contribution is 5.94. The minimum Gasteiger partial charge on any atom is -0.497 e. The molecule has 0 fully saturated rings. The highest BCUT2D eigenvalue weighted by Crippen LogP contribution is 2.27. The van der Waals surface area contributed by atoms with E-state index in [2.05, 4.69) is 15.3 Å². The largest absolute Gasteiger partial charge is 0.497 e. The summed E-state index contributed by atoms with van der Waals surface area (Å²) in [5.74, 6) is 2.31. The normalized spacial score (nSPS) is 10.7. The Labute approximate surface area is 185 Å². The maximum atomic E-state index is 12.8.